The van der Waals surface area contributed by atoms with Crippen LogP contribution in [0, 0.1) is 0 Å². The van der Waals surface area contributed by atoms with Gasteiger partial charge in [-0.1, -0.05) is 0 Å². The first-order valence-corrected chi connectivity index (χ1v) is 18.7. The Kier molecular flexibility index (Phi) is 11.6. The van der Waals surface area contributed by atoms with E-state index in [1.165, 1.54) is 53.5 Å². The van der Waals surface area contributed by atoms with E-state index in [2.05, 4.69) is 39.9 Å². The summed E-state index contributed by atoms with van der Waals surface area (Å²) in [6.45, 7) is 2.64. The zero-order chi connectivity index (χ0) is 46.1. The molecule has 0 aromatic carbocycles. The minimum Gasteiger partial charge on any atom is -0.394 e. The van der Waals surface area contributed by atoms with E-state index in [9.17, 15) is 60.0 Å². The normalized spacial score (nSPS) is 32.9. The van der Waals surface area contributed by atoms with Crippen LogP contribution in [-0.2, 0) is 14.2 Å². The molecule has 0 spiro atoms. The average Bonchev–Trinajstić information content (AvgIpc) is 4.05. The van der Waals surface area contributed by atoms with Gasteiger partial charge in [-0.05, 0) is 20.8 Å². The van der Waals surface area contributed by atoms with Gasteiger partial charge in [0.15, 0.2) is 41.0 Å². The van der Waals surface area contributed by atoms with Gasteiger partial charge in [0.1, 0.15) is 70.4 Å². The Balaban J connectivity index is 0.000000142. The number of aliphatic hydroxyl groups excluding tert-OH is 6. The van der Waals surface area contributed by atoms with E-state index in [1.807, 2.05) is 4.98 Å². The molecule has 30 nitrogen and oxygen atoms in total. The predicted octanol–water partition coefficient (Wildman–Crippen LogP) is -7.18. The molecular weight excluding hydrogens is 848 g/mol. The molecule has 12 atom stereocenters. The van der Waals surface area contributed by atoms with E-state index >= 15 is 0 Å². The minimum atomic E-state index is -1.74. The Bertz CT molecular complexity index is 2840. The average molecular weight is 893 g/mol. The molecular formula is C33H44N14O16. The van der Waals surface area contributed by atoms with Gasteiger partial charge in [0, 0.05) is 0 Å². The van der Waals surface area contributed by atoms with Gasteiger partial charge in [0.25, 0.3) is 11.1 Å². The highest BCUT2D eigenvalue weighted by atomic mass is 16.6. The maximum Gasteiger partial charge on any atom is 0.348 e. The van der Waals surface area contributed by atoms with Crippen LogP contribution < -0.4 is 34.0 Å². The number of H-pyrrole nitrogens is 4. The molecule has 0 radical (unpaired) electrons. The number of hydrogen-bond donors (Lipinski definition) is 15. The van der Waals surface area contributed by atoms with Crippen LogP contribution in [0.15, 0.2) is 38.2 Å². The predicted molar refractivity (Wildman–Crippen MR) is 209 cm³/mol. The third-order valence-corrected chi connectivity index (χ3v) is 11.0. The molecule has 30 heteroatoms. The van der Waals surface area contributed by atoms with Gasteiger partial charge in [0.05, 0.1) is 38.8 Å². The highest BCUT2D eigenvalue weighted by Crippen LogP contribution is 2.41. The number of nitrogens with two attached hydrogens (primary N) is 2. The number of hydrogen-bond acceptors (Lipinski definition) is 23. The van der Waals surface area contributed by atoms with Crippen LogP contribution >= 0.6 is 0 Å². The lowest BCUT2D eigenvalue weighted by Crippen LogP contribution is -2.44. The summed E-state index contributed by atoms with van der Waals surface area (Å²) in [7, 11) is 0. The molecule has 9 heterocycles. The molecule has 3 aliphatic heterocycles. The van der Waals surface area contributed by atoms with Crippen molar-refractivity contribution in [1.29, 1.82) is 0 Å². The van der Waals surface area contributed by atoms with E-state index in [0.717, 1.165) is 0 Å². The number of aliphatic hydroxyl groups is 9. The van der Waals surface area contributed by atoms with Crippen LogP contribution in [0.25, 0.3) is 33.5 Å². The zero-order valence-electron chi connectivity index (χ0n) is 33.2. The third-order valence-electron chi connectivity index (χ3n) is 11.0. The highest BCUT2D eigenvalue weighted by Gasteiger charge is 2.55. The van der Waals surface area contributed by atoms with Gasteiger partial charge in [0.2, 0.25) is 5.95 Å². The van der Waals surface area contributed by atoms with Gasteiger partial charge < -0.3 is 71.6 Å². The quantitative estimate of drug-likeness (QED) is 0.0738. The molecule has 342 valence electrons. The van der Waals surface area contributed by atoms with Crippen molar-refractivity contribution in [3.8, 4) is 0 Å². The topological polar surface area (TPSA) is 472 Å². The second kappa shape index (κ2) is 16.3. The van der Waals surface area contributed by atoms with Gasteiger partial charge >= 0.3 is 11.4 Å². The van der Waals surface area contributed by atoms with Gasteiger partial charge in [-0.15, -0.1) is 0 Å². The molecule has 3 unspecified atom stereocenters. The summed E-state index contributed by atoms with van der Waals surface area (Å²) in [6, 6.07) is 0. The summed E-state index contributed by atoms with van der Waals surface area (Å²) in [6.07, 6.45) is -6.32. The van der Waals surface area contributed by atoms with E-state index in [-0.39, 0.29) is 45.3 Å². The number of imidazole rings is 3. The van der Waals surface area contributed by atoms with Gasteiger partial charge in [-0.25, -0.2) is 24.5 Å². The molecule has 6 aromatic rings. The Hall–Kier alpha value is -6.03. The maximum atomic E-state index is 11.7. The van der Waals surface area contributed by atoms with Crippen LogP contribution in [0.3, 0.4) is 0 Å². The summed E-state index contributed by atoms with van der Waals surface area (Å²) >= 11 is 0. The van der Waals surface area contributed by atoms with Crippen molar-refractivity contribution < 1.29 is 60.2 Å². The SMILES string of the molecule is CC1(O)[C@@H](O)[C@@H](CO)O[C@H]1n1cnc2c(=O)[nH]c(=O)[nH]c21.CC1(O)[C@@H](O)[C@@H](CO)O[C@H]1n1cnc2c(=O)[nH]c(N)nc21.CC1(O)[C@@H](O)[C@@H](CO)O[C@H]1n1cnc2c(N)[nH]c(=O)nc21. The van der Waals surface area contributed by atoms with Gasteiger partial charge in [-0.2, -0.15) is 9.97 Å². The summed E-state index contributed by atoms with van der Waals surface area (Å²) in [5.41, 5.74) is 3.97. The first-order chi connectivity index (χ1) is 29.6. The lowest BCUT2D eigenvalue weighted by atomic mass is 9.96. The molecule has 3 saturated heterocycles. The molecule has 0 aliphatic carbocycles. The van der Waals surface area contributed by atoms with Crippen molar-refractivity contribution in [2.75, 3.05) is 31.3 Å². The largest absolute Gasteiger partial charge is 0.394 e. The second-order valence-corrected chi connectivity index (χ2v) is 15.5. The Morgan fingerprint density at radius 2 is 1.02 bits per heavy atom. The van der Waals surface area contributed by atoms with E-state index in [1.54, 1.807) is 0 Å². The van der Waals surface area contributed by atoms with E-state index in [0.29, 0.717) is 0 Å². The lowest BCUT2D eigenvalue weighted by Gasteiger charge is -2.27. The lowest BCUT2D eigenvalue weighted by molar-refractivity contribution is -0.0950. The van der Waals surface area contributed by atoms with E-state index in [4.69, 9.17) is 30.8 Å². The number of nitrogens with one attached hydrogen (secondary N) is 4. The molecule has 0 saturated carbocycles. The smallest absolute Gasteiger partial charge is 0.348 e. The number of anilines is 2. The molecule has 0 amide bonds. The first kappa shape index (κ1) is 45.0. The fourth-order valence-electron chi connectivity index (χ4n) is 7.54. The van der Waals surface area contributed by atoms with Crippen LogP contribution in [0.1, 0.15) is 39.5 Å². The fourth-order valence-corrected chi connectivity index (χ4v) is 7.54. The Labute approximate surface area is 348 Å². The summed E-state index contributed by atoms with van der Waals surface area (Å²) < 4.78 is 20.2. The highest BCUT2D eigenvalue weighted by molar-refractivity contribution is 5.81. The molecule has 6 aromatic heterocycles. The van der Waals surface area contributed by atoms with E-state index < -0.39 is 114 Å². The van der Waals surface area contributed by atoms with Crippen molar-refractivity contribution >= 4 is 45.3 Å². The zero-order valence-corrected chi connectivity index (χ0v) is 33.2. The molecule has 63 heavy (non-hydrogen) atoms. The summed E-state index contributed by atoms with van der Waals surface area (Å²) in [5, 5.41) is 88.6. The standard InChI is InChI=1S/2C11H15N5O5.C11H14N4O6/c1-11(20)6(18)4(2-17)21-9(11)16-3-13-5-7(16)14-10(12)15-8(5)19;1-11(20)6(18)4(2-17)21-9(11)16-3-13-5-7(12)14-10(19)15-8(5)16;1-11(20)6(17)4(2-16)21-9(11)15-3-12-5-7(15)13-10(19)14-8(5)18/h2*3-4,6,9,17-18,20H,2H2,1H3,(H3,12,14,15,19);3-4,6,9,16-17,20H,2H2,1H3,(H2,13,14,18,19)/t3*4-,6+,9-,11?/m111/s1. The summed E-state index contributed by atoms with van der Waals surface area (Å²) in [5.74, 6) is -0.0632. The maximum absolute atomic E-state index is 11.7. The molecule has 3 fully saturated rings. The Morgan fingerprint density at radius 3 is 1.49 bits per heavy atom. The number of rotatable bonds is 6. The van der Waals surface area contributed by atoms with Crippen LogP contribution in [-0.4, -0.2) is 178 Å². The number of nitrogen functional groups attached to an aromatic ring is 2. The Morgan fingerprint density at radius 1 is 0.603 bits per heavy atom. The molecule has 3 aliphatic rings. The van der Waals surface area contributed by atoms with Gasteiger partial charge in [-0.3, -0.25) is 43.2 Å². The van der Waals surface area contributed by atoms with Crippen LogP contribution in [0.5, 0.6) is 0 Å². The number of aromatic nitrogens is 12. The number of nitrogens with zero attached hydrogens (tertiary/aromatic N) is 8. The minimum absolute atomic E-state index is 0.0315. The van der Waals surface area contributed by atoms with Crippen molar-refractivity contribution in [2.24, 2.45) is 0 Å². The van der Waals surface area contributed by atoms with Crippen LogP contribution in [0.4, 0.5) is 11.8 Å². The molecule has 0 bridgehead atoms. The number of fused-ring (bicyclic) bond motifs is 3. The summed E-state index contributed by atoms with van der Waals surface area (Å²) in [4.78, 5) is 74.7. The second-order valence-electron chi connectivity index (χ2n) is 15.5. The molecule has 9 rings (SSSR count). The van der Waals surface area contributed by atoms with Crippen molar-refractivity contribution in [1.82, 2.24) is 58.6 Å². The van der Waals surface area contributed by atoms with Crippen molar-refractivity contribution in [3.05, 3.63) is 60.7 Å². The van der Waals surface area contributed by atoms with Crippen LogP contribution in [0.2, 0.25) is 0 Å². The number of aromatic amines is 4. The third kappa shape index (κ3) is 7.55. The first-order valence-electron chi connectivity index (χ1n) is 18.7. The monoisotopic (exact) mass is 892 g/mol. The van der Waals surface area contributed by atoms with Crippen molar-refractivity contribution in [3.63, 3.8) is 0 Å². The fraction of sp³-hybridized carbons (Fsp3) is 0.545. The van der Waals surface area contributed by atoms with Crippen molar-refractivity contribution in [2.45, 2.75) is 92.9 Å². The molecule has 17 N–H and O–H groups in total. The number of ether oxygens (including phenoxy) is 3.